The van der Waals surface area contributed by atoms with E-state index in [-0.39, 0.29) is 29.2 Å². The van der Waals surface area contributed by atoms with Crippen LogP contribution in [0.15, 0.2) is 18.2 Å². The molecule has 4 nitrogen and oxygen atoms in total. The average molecular weight is 293 g/mol. The summed E-state index contributed by atoms with van der Waals surface area (Å²) in [6, 6.07) is 4.44. The van der Waals surface area contributed by atoms with Crippen LogP contribution in [0.3, 0.4) is 0 Å². The van der Waals surface area contributed by atoms with Crippen LogP contribution >= 0.6 is 0 Å². The predicted molar refractivity (Wildman–Crippen MR) is 82.4 cm³/mol. The number of anilines is 1. The Labute approximate surface area is 125 Å². The molecule has 2 rings (SSSR count). The van der Waals surface area contributed by atoms with E-state index in [9.17, 15) is 9.18 Å². The van der Waals surface area contributed by atoms with E-state index in [0.717, 1.165) is 17.7 Å². The highest BCUT2D eigenvalue weighted by Crippen LogP contribution is 2.44. The van der Waals surface area contributed by atoms with Gasteiger partial charge in [0.25, 0.3) is 5.91 Å². The highest BCUT2D eigenvalue weighted by atomic mass is 19.1. The second-order valence-electron chi connectivity index (χ2n) is 6.42. The number of halogens is 1. The Bertz CT molecular complexity index is 544. The molecule has 0 unspecified atom stereocenters. The van der Waals surface area contributed by atoms with Gasteiger partial charge in [0, 0.05) is 11.2 Å². The Balaban J connectivity index is 2.57. The van der Waals surface area contributed by atoms with Crippen molar-refractivity contribution in [2.45, 2.75) is 58.0 Å². The summed E-state index contributed by atoms with van der Waals surface area (Å²) in [5.41, 5.74) is 3.94. The normalized spacial score (nSPS) is 21.6. The van der Waals surface area contributed by atoms with Gasteiger partial charge in [-0.15, -0.1) is 0 Å². The number of nitrogens with zero attached hydrogens (tertiary/aromatic N) is 1. The minimum Gasteiger partial charge on any atom is -0.354 e. The Hall–Kier alpha value is -1.62. The number of carbonyl (C=O) groups is 1. The van der Waals surface area contributed by atoms with Crippen molar-refractivity contribution in [3.8, 4) is 0 Å². The minimum atomic E-state index is -0.360. The fraction of sp³-hybridized carbons (Fsp3) is 0.562. The van der Waals surface area contributed by atoms with Crippen molar-refractivity contribution in [1.29, 1.82) is 0 Å². The molecule has 0 aliphatic carbocycles. The summed E-state index contributed by atoms with van der Waals surface area (Å²) in [7, 11) is 0. The van der Waals surface area contributed by atoms with Crippen molar-refractivity contribution in [2.24, 2.45) is 5.84 Å². The molecule has 21 heavy (non-hydrogen) atoms. The van der Waals surface area contributed by atoms with Crippen LogP contribution in [0.25, 0.3) is 0 Å². The molecule has 0 saturated heterocycles. The molecule has 1 aliphatic heterocycles. The van der Waals surface area contributed by atoms with E-state index in [1.54, 1.807) is 12.1 Å². The van der Waals surface area contributed by atoms with E-state index in [0.29, 0.717) is 6.42 Å². The summed E-state index contributed by atoms with van der Waals surface area (Å²) in [5, 5.41) is 0. The zero-order chi connectivity index (χ0) is 15.8. The van der Waals surface area contributed by atoms with Gasteiger partial charge < -0.3 is 4.90 Å². The third kappa shape index (κ3) is 2.75. The molecule has 0 radical (unpaired) electrons. The molecule has 5 heteroatoms. The summed E-state index contributed by atoms with van der Waals surface area (Å²) in [6.07, 6.45) is 1.50. The van der Waals surface area contributed by atoms with E-state index in [1.807, 2.05) is 6.92 Å². The molecule has 0 fully saturated rings. The average Bonchev–Trinajstić information content (AvgIpc) is 2.42. The zero-order valence-electron chi connectivity index (χ0n) is 13.1. The van der Waals surface area contributed by atoms with Gasteiger partial charge in [-0.1, -0.05) is 13.8 Å². The third-order valence-electron chi connectivity index (χ3n) is 4.38. The second kappa shape index (κ2) is 5.64. The summed E-state index contributed by atoms with van der Waals surface area (Å²) in [4.78, 5) is 14.2. The lowest BCUT2D eigenvalue weighted by Gasteiger charge is -2.50. The van der Waals surface area contributed by atoms with Gasteiger partial charge >= 0.3 is 0 Å². The number of nitrogens with one attached hydrogen (secondary N) is 1. The Morgan fingerprint density at radius 3 is 2.81 bits per heavy atom. The molecule has 2 atom stereocenters. The molecule has 0 saturated carbocycles. The highest BCUT2D eigenvalue weighted by Gasteiger charge is 2.41. The molecule has 0 spiro atoms. The smallest absolute Gasteiger partial charge is 0.256 e. The fourth-order valence-corrected chi connectivity index (χ4v) is 3.59. The standard InChI is InChI=1S/C16H24FN3O/c1-5-13(15(21)19-18)20-14-7-6-11(17)8-12(14)10(2)9-16(20,3)4/h6-8,10,13H,5,9,18H2,1-4H3,(H,19,21)/t10-,13+/m1/s1. The number of hydrazine groups is 1. The van der Waals surface area contributed by atoms with E-state index in [1.165, 1.54) is 6.07 Å². The topological polar surface area (TPSA) is 58.4 Å². The second-order valence-corrected chi connectivity index (χ2v) is 6.42. The van der Waals surface area contributed by atoms with Crippen LogP contribution in [-0.4, -0.2) is 17.5 Å². The lowest BCUT2D eigenvalue weighted by atomic mass is 9.79. The molecule has 1 aromatic rings. The molecule has 116 valence electrons. The minimum absolute atomic E-state index is 0.197. The highest BCUT2D eigenvalue weighted by molar-refractivity contribution is 5.86. The van der Waals surface area contributed by atoms with E-state index < -0.39 is 0 Å². The number of hydrogen-bond donors (Lipinski definition) is 2. The van der Waals surface area contributed by atoms with Gasteiger partial charge in [0.15, 0.2) is 0 Å². The Morgan fingerprint density at radius 1 is 1.57 bits per heavy atom. The number of amides is 1. The number of benzene rings is 1. The lowest BCUT2D eigenvalue weighted by Crippen LogP contribution is -2.59. The van der Waals surface area contributed by atoms with E-state index >= 15 is 0 Å². The quantitative estimate of drug-likeness (QED) is 0.512. The van der Waals surface area contributed by atoms with Crippen molar-refractivity contribution >= 4 is 11.6 Å². The van der Waals surface area contributed by atoms with Crippen LogP contribution < -0.4 is 16.2 Å². The van der Waals surface area contributed by atoms with Crippen LogP contribution in [0.5, 0.6) is 0 Å². The lowest BCUT2D eigenvalue weighted by molar-refractivity contribution is -0.122. The van der Waals surface area contributed by atoms with Crippen molar-refractivity contribution in [2.75, 3.05) is 4.90 Å². The van der Waals surface area contributed by atoms with Crippen molar-refractivity contribution in [1.82, 2.24) is 5.43 Å². The first kappa shape index (κ1) is 15.8. The molecule has 3 N–H and O–H groups in total. The number of rotatable bonds is 3. The molecule has 1 heterocycles. The molecule has 0 aromatic heterocycles. The number of nitrogens with two attached hydrogens (primary N) is 1. The van der Waals surface area contributed by atoms with E-state index in [2.05, 4.69) is 31.1 Å². The van der Waals surface area contributed by atoms with Gasteiger partial charge in [-0.05, 0) is 56.4 Å². The number of fused-ring (bicyclic) bond motifs is 1. The van der Waals surface area contributed by atoms with Crippen LogP contribution in [-0.2, 0) is 4.79 Å². The molecule has 0 bridgehead atoms. The monoisotopic (exact) mass is 293 g/mol. The van der Waals surface area contributed by atoms with Crippen molar-refractivity contribution in [3.63, 3.8) is 0 Å². The number of carbonyl (C=O) groups excluding carboxylic acids is 1. The fourth-order valence-electron chi connectivity index (χ4n) is 3.59. The molecule has 1 aliphatic rings. The maximum atomic E-state index is 13.6. The van der Waals surface area contributed by atoms with E-state index in [4.69, 9.17) is 5.84 Å². The number of hydrogen-bond acceptors (Lipinski definition) is 3. The van der Waals surface area contributed by atoms with Gasteiger partial charge in [-0.25, -0.2) is 10.2 Å². The summed E-state index contributed by atoms with van der Waals surface area (Å²) in [6.45, 7) is 8.28. The third-order valence-corrected chi connectivity index (χ3v) is 4.38. The largest absolute Gasteiger partial charge is 0.354 e. The molecule has 1 aromatic carbocycles. The molecular formula is C16H24FN3O. The maximum absolute atomic E-state index is 13.6. The van der Waals surface area contributed by atoms with Crippen LogP contribution in [0.1, 0.15) is 52.0 Å². The predicted octanol–water partition coefficient (Wildman–Crippen LogP) is 2.69. The van der Waals surface area contributed by atoms with Gasteiger partial charge in [0.1, 0.15) is 11.9 Å². The van der Waals surface area contributed by atoms with Gasteiger partial charge in [0.05, 0.1) is 0 Å². The first-order valence-electron chi connectivity index (χ1n) is 7.41. The van der Waals surface area contributed by atoms with Crippen LogP contribution in [0, 0.1) is 5.82 Å². The van der Waals surface area contributed by atoms with Gasteiger partial charge in [-0.3, -0.25) is 10.2 Å². The van der Waals surface area contributed by atoms with Crippen molar-refractivity contribution < 1.29 is 9.18 Å². The summed E-state index contributed by atoms with van der Waals surface area (Å²) in [5.74, 6) is 5.13. The first-order chi connectivity index (χ1) is 9.81. The first-order valence-corrected chi connectivity index (χ1v) is 7.41. The Kier molecular flexibility index (Phi) is 4.23. The SMILES string of the molecule is CC[C@@H](C(=O)NN)N1c2ccc(F)cc2[C@H](C)CC1(C)C. The van der Waals surface area contributed by atoms with Gasteiger partial charge in [-0.2, -0.15) is 0 Å². The van der Waals surface area contributed by atoms with Gasteiger partial charge in [0.2, 0.25) is 0 Å². The van der Waals surface area contributed by atoms with Crippen LogP contribution in [0.2, 0.25) is 0 Å². The maximum Gasteiger partial charge on any atom is 0.256 e. The summed E-state index contributed by atoms with van der Waals surface area (Å²) < 4.78 is 13.6. The summed E-state index contributed by atoms with van der Waals surface area (Å²) >= 11 is 0. The van der Waals surface area contributed by atoms with Crippen LogP contribution in [0.4, 0.5) is 10.1 Å². The molecule has 1 amide bonds. The van der Waals surface area contributed by atoms with Crippen molar-refractivity contribution in [3.05, 3.63) is 29.6 Å². The Morgan fingerprint density at radius 2 is 2.24 bits per heavy atom. The molecular weight excluding hydrogens is 269 g/mol. The zero-order valence-corrected chi connectivity index (χ0v) is 13.1.